The third-order valence-corrected chi connectivity index (χ3v) is 6.07. The van der Waals surface area contributed by atoms with Crippen molar-refractivity contribution in [3.05, 3.63) is 0 Å². The first-order valence-electron chi connectivity index (χ1n) is 6.68. The van der Waals surface area contributed by atoms with E-state index in [2.05, 4.69) is 12.2 Å². The Morgan fingerprint density at radius 2 is 1.88 bits per heavy atom. The molecule has 1 rings (SSSR count). The van der Waals surface area contributed by atoms with Gasteiger partial charge >= 0.3 is 0 Å². The van der Waals surface area contributed by atoms with Gasteiger partial charge in [-0.25, -0.2) is 8.42 Å². The van der Waals surface area contributed by atoms with E-state index in [9.17, 15) is 8.42 Å². The van der Waals surface area contributed by atoms with Gasteiger partial charge in [0.2, 0.25) is 0 Å². The van der Waals surface area contributed by atoms with Crippen LogP contribution in [-0.4, -0.2) is 31.5 Å². The van der Waals surface area contributed by atoms with Crippen LogP contribution in [0.25, 0.3) is 0 Å². The molecule has 102 valence electrons. The van der Waals surface area contributed by atoms with Crippen molar-refractivity contribution in [3.8, 4) is 0 Å². The Morgan fingerprint density at radius 1 is 1.29 bits per heavy atom. The minimum atomic E-state index is -2.93. The molecule has 0 aliphatic heterocycles. The van der Waals surface area contributed by atoms with Gasteiger partial charge in [0.25, 0.3) is 0 Å². The second-order valence-corrected chi connectivity index (χ2v) is 9.22. The summed E-state index contributed by atoms with van der Waals surface area (Å²) in [6.07, 6.45) is 4.40. The molecule has 0 amide bonds. The van der Waals surface area contributed by atoms with Crippen molar-refractivity contribution in [2.75, 3.05) is 12.3 Å². The highest BCUT2D eigenvalue weighted by atomic mass is 32.2. The lowest BCUT2D eigenvalue weighted by Crippen LogP contribution is -2.30. The van der Waals surface area contributed by atoms with E-state index in [0.29, 0.717) is 11.7 Å². The zero-order valence-corrected chi connectivity index (χ0v) is 12.4. The predicted octanol–water partition coefficient (Wildman–Crippen LogP) is 2.37. The number of nitrogens with one attached hydrogen (secondary N) is 1. The molecule has 0 spiro atoms. The predicted molar refractivity (Wildman–Crippen MR) is 73.0 cm³/mol. The van der Waals surface area contributed by atoms with Crippen LogP contribution >= 0.6 is 0 Å². The molecule has 0 bridgehead atoms. The van der Waals surface area contributed by atoms with Gasteiger partial charge in [0.1, 0.15) is 0 Å². The topological polar surface area (TPSA) is 46.2 Å². The van der Waals surface area contributed by atoms with Gasteiger partial charge in [-0.3, -0.25) is 0 Å². The highest BCUT2D eigenvalue weighted by Gasteiger charge is 2.28. The lowest BCUT2D eigenvalue weighted by atomic mass is 10.1. The Morgan fingerprint density at radius 3 is 2.35 bits per heavy atom. The molecule has 0 saturated heterocycles. The largest absolute Gasteiger partial charge is 0.314 e. The van der Waals surface area contributed by atoms with Crippen LogP contribution < -0.4 is 5.32 Å². The lowest BCUT2D eigenvalue weighted by molar-refractivity contribution is 0.471. The van der Waals surface area contributed by atoms with Crippen LogP contribution in [0.15, 0.2) is 0 Å². The SMILES string of the molecule is CC(CCCS(=O)(=O)C(C)(C)C)CNC1CC1. The molecule has 4 heteroatoms. The fourth-order valence-electron chi connectivity index (χ4n) is 1.69. The molecule has 1 aliphatic rings. The summed E-state index contributed by atoms with van der Waals surface area (Å²) >= 11 is 0. The van der Waals surface area contributed by atoms with Crippen LogP contribution in [0.3, 0.4) is 0 Å². The standard InChI is InChI=1S/C13H27NO2S/c1-11(10-14-12-7-8-12)6-5-9-17(15,16)13(2,3)4/h11-12,14H,5-10H2,1-4H3. The Balaban J connectivity index is 2.17. The van der Waals surface area contributed by atoms with Crippen LogP contribution in [0.5, 0.6) is 0 Å². The summed E-state index contributed by atoms with van der Waals surface area (Å²) < 4.78 is 23.2. The first kappa shape index (κ1) is 15.0. The van der Waals surface area contributed by atoms with E-state index in [0.717, 1.165) is 25.4 Å². The Bertz CT molecular complexity index is 326. The van der Waals surface area contributed by atoms with E-state index in [1.54, 1.807) is 20.8 Å². The zero-order valence-electron chi connectivity index (χ0n) is 11.6. The Kier molecular flexibility index (Phi) is 5.02. The third-order valence-electron chi connectivity index (χ3n) is 3.38. The van der Waals surface area contributed by atoms with Gasteiger partial charge in [0.05, 0.1) is 10.5 Å². The molecule has 1 fully saturated rings. The minimum Gasteiger partial charge on any atom is -0.314 e. The smallest absolute Gasteiger partial charge is 0.155 e. The molecule has 1 N–H and O–H groups in total. The average molecular weight is 261 g/mol. The third kappa shape index (κ3) is 5.38. The van der Waals surface area contributed by atoms with Gasteiger partial charge in [-0.05, 0) is 58.9 Å². The first-order chi connectivity index (χ1) is 7.72. The quantitative estimate of drug-likeness (QED) is 0.765. The van der Waals surface area contributed by atoms with E-state index in [4.69, 9.17) is 0 Å². The fourth-order valence-corrected chi connectivity index (χ4v) is 2.84. The minimum absolute atomic E-state index is 0.324. The molecule has 0 aromatic heterocycles. The van der Waals surface area contributed by atoms with Gasteiger partial charge in [0, 0.05) is 6.04 Å². The summed E-state index contributed by atoms with van der Waals surface area (Å²) in [5, 5.41) is 3.48. The van der Waals surface area contributed by atoms with Crippen LogP contribution in [0, 0.1) is 5.92 Å². The molecule has 0 radical (unpaired) electrons. The van der Waals surface area contributed by atoms with Crippen LogP contribution in [0.4, 0.5) is 0 Å². The molecule has 1 saturated carbocycles. The van der Waals surface area contributed by atoms with E-state index in [-0.39, 0.29) is 0 Å². The molecular weight excluding hydrogens is 234 g/mol. The number of hydrogen-bond donors (Lipinski definition) is 1. The molecule has 1 aliphatic carbocycles. The number of rotatable bonds is 7. The van der Waals surface area contributed by atoms with E-state index < -0.39 is 14.6 Å². The summed E-state index contributed by atoms with van der Waals surface area (Å²) in [5.74, 6) is 0.898. The van der Waals surface area contributed by atoms with Gasteiger partial charge in [-0.1, -0.05) is 6.92 Å². The van der Waals surface area contributed by atoms with E-state index in [1.165, 1.54) is 12.8 Å². The van der Waals surface area contributed by atoms with Gasteiger partial charge < -0.3 is 5.32 Å². The lowest BCUT2D eigenvalue weighted by Gasteiger charge is -2.19. The molecule has 0 heterocycles. The van der Waals surface area contributed by atoms with Crippen LogP contribution in [-0.2, 0) is 9.84 Å². The van der Waals surface area contributed by atoms with Gasteiger partial charge in [-0.2, -0.15) is 0 Å². The monoisotopic (exact) mass is 261 g/mol. The van der Waals surface area contributed by atoms with Gasteiger partial charge in [0.15, 0.2) is 9.84 Å². The molecule has 3 nitrogen and oxygen atoms in total. The van der Waals surface area contributed by atoms with E-state index >= 15 is 0 Å². The van der Waals surface area contributed by atoms with Crippen LogP contribution in [0.1, 0.15) is 53.4 Å². The summed E-state index contributed by atoms with van der Waals surface area (Å²) in [5.41, 5.74) is 0. The van der Waals surface area contributed by atoms with Crippen molar-refractivity contribution in [1.29, 1.82) is 0 Å². The van der Waals surface area contributed by atoms with Gasteiger partial charge in [-0.15, -0.1) is 0 Å². The number of sulfone groups is 1. The number of hydrogen-bond acceptors (Lipinski definition) is 3. The second kappa shape index (κ2) is 5.70. The maximum Gasteiger partial charge on any atom is 0.155 e. The Hall–Kier alpha value is -0.0900. The molecular formula is C13H27NO2S. The molecule has 1 atom stereocenters. The van der Waals surface area contributed by atoms with Crippen molar-refractivity contribution in [2.45, 2.75) is 64.2 Å². The van der Waals surface area contributed by atoms with Crippen molar-refractivity contribution < 1.29 is 8.42 Å². The first-order valence-corrected chi connectivity index (χ1v) is 8.33. The molecule has 17 heavy (non-hydrogen) atoms. The Labute approximate surface area is 106 Å². The maximum absolute atomic E-state index is 11.9. The summed E-state index contributed by atoms with van der Waals surface area (Å²) in [6.45, 7) is 8.56. The normalized spacial score (nSPS) is 19.3. The fraction of sp³-hybridized carbons (Fsp3) is 1.00. The highest BCUT2D eigenvalue weighted by Crippen LogP contribution is 2.20. The average Bonchev–Trinajstić information content (AvgIpc) is 2.96. The molecule has 0 aromatic carbocycles. The molecule has 1 unspecified atom stereocenters. The molecule has 0 aromatic rings. The van der Waals surface area contributed by atoms with Crippen molar-refractivity contribution in [3.63, 3.8) is 0 Å². The highest BCUT2D eigenvalue weighted by molar-refractivity contribution is 7.92. The van der Waals surface area contributed by atoms with Crippen molar-refractivity contribution >= 4 is 9.84 Å². The van der Waals surface area contributed by atoms with Crippen molar-refractivity contribution in [1.82, 2.24) is 5.32 Å². The zero-order chi connectivity index (χ0) is 13.1. The summed E-state index contributed by atoms with van der Waals surface area (Å²) in [7, 11) is -2.93. The maximum atomic E-state index is 11.9. The van der Waals surface area contributed by atoms with Crippen molar-refractivity contribution in [2.24, 2.45) is 5.92 Å². The van der Waals surface area contributed by atoms with Crippen LogP contribution in [0.2, 0.25) is 0 Å². The van der Waals surface area contributed by atoms with E-state index in [1.807, 2.05) is 0 Å². The summed E-state index contributed by atoms with van der Waals surface area (Å²) in [4.78, 5) is 0. The second-order valence-electron chi connectivity index (χ2n) is 6.36. The summed E-state index contributed by atoms with van der Waals surface area (Å²) in [6, 6.07) is 0.746.